The summed E-state index contributed by atoms with van der Waals surface area (Å²) in [5.74, 6) is 0.780. The van der Waals surface area contributed by atoms with Crippen LogP contribution in [0.25, 0.3) is 0 Å². The van der Waals surface area contributed by atoms with Crippen LogP contribution in [0.1, 0.15) is 52.9 Å². The molecule has 1 heterocycles. The van der Waals surface area contributed by atoms with Gasteiger partial charge in [-0.1, -0.05) is 20.8 Å². The highest BCUT2D eigenvalue weighted by atomic mass is 16.1. The minimum atomic E-state index is 0.0309. The summed E-state index contributed by atoms with van der Waals surface area (Å²) in [6.45, 7) is 8.54. The first-order valence-electron chi connectivity index (χ1n) is 6.67. The van der Waals surface area contributed by atoms with Crippen LogP contribution in [-0.4, -0.2) is 24.5 Å². The van der Waals surface area contributed by atoms with E-state index in [4.69, 9.17) is 0 Å². The van der Waals surface area contributed by atoms with E-state index < -0.39 is 0 Å². The Balaban J connectivity index is 2.41. The summed E-state index contributed by atoms with van der Waals surface area (Å²) in [4.78, 5) is 12.0. The third-order valence-electron chi connectivity index (χ3n) is 4.07. The van der Waals surface area contributed by atoms with Crippen molar-refractivity contribution in [2.45, 2.75) is 58.4 Å². The van der Waals surface area contributed by atoms with Crippen LogP contribution in [0.3, 0.4) is 0 Å². The Morgan fingerprint density at radius 2 is 1.94 bits per heavy atom. The molecular weight excluding hydrogens is 200 g/mol. The lowest BCUT2D eigenvalue weighted by Gasteiger charge is -2.32. The normalized spacial score (nSPS) is 21.1. The Labute approximate surface area is 99.4 Å². The molecule has 1 unspecified atom stereocenters. The molecule has 1 saturated heterocycles. The van der Waals surface area contributed by atoms with Crippen molar-refractivity contribution >= 4 is 5.91 Å². The van der Waals surface area contributed by atoms with E-state index in [0.717, 1.165) is 38.8 Å². The van der Waals surface area contributed by atoms with Gasteiger partial charge in [0.25, 0.3) is 0 Å². The number of amides is 1. The van der Waals surface area contributed by atoms with Crippen molar-refractivity contribution < 1.29 is 4.79 Å². The minimum absolute atomic E-state index is 0.0309. The number of rotatable bonds is 6. The van der Waals surface area contributed by atoms with Gasteiger partial charge in [0, 0.05) is 12.0 Å². The third-order valence-corrected chi connectivity index (χ3v) is 4.07. The van der Waals surface area contributed by atoms with Crippen LogP contribution in [0.15, 0.2) is 0 Å². The van der Waals surface area contributed by atoms with Gasteiger partial charge in [0.15, 0.2) is 0 Å². The van der Waals surface area contributed by atoms with E-state index >= 15 is 0 Å². The average Bonchev–Trinajstić information content (AvgIpc) is 2.79. The van der Waals surface area contributed by atoms with Crippen LogP contribution in [0.5, 0.6) is 0 Å². The number of nitrogens with one attached hydrogen (secondary N) is 2. The van der Waals surface area contributed by atoms with E-state index in [0.29, 0.717) is 12.3 Å². The fraction of sp³-hybridized carbons (Fsp3) is 0.923. The molecule has 0 spiro atoms. The monoisotopic (exact) mass is 226 g/mol. The molecule has 94 valence electrons. The molecule has 2 N–H and O–H groups in total. The van der Waals surface area contributed by atoms with E-state index in [-0.39, 0.29) is 11.4 Å². The number of hydrogen-bond acceptors (Lipinski definition) is 2. The quantitative estimate of drug-likeness (QED) is 0.728. The fourth-order valence-corrected chi connectivity index (χ4v) is 2.51. The maximum atomic E-state index is 12.0. The van der Waals surface area contributed by atoms with Gasteiger partial charge in [-0.15, -0.1) is 0 Å². The lowest BCUT2D eigenvalue weighted by Crippen LogP contribution is -2.47. The lowest BCUT2D eigenvalue weighted by atomic mass is 9.89. The van der Waals surface area contributed by atoms with Crippen molar-refractivity contribution in [1.29, 1.82) is 0 Å². The molecule has 1 atom stereocenters. The minimum Gasteiger partial charge on any atom is -0.351 e. The zero-order valence-corrected chi connectivity index (χ0v) is 10.9. The van der Waals surface area contributed by atoms with Gasteiger partial charge >= 0.3 is 0 Å². The maximum absolute atomic E-state index is 12.0. The summed E-state index contributed by atoms with van der Waals surface area (Å²) in [7, 11) is 0. The molecule has 3 heteroatoms. The summed E-state index contributed by atoms with van der Waals surface area (Å²) in [6.07, 6.45) is 4.90. The van der Waals surface area contributed by atoms with E-state index in [1.807, 2.05) is 0 Å². The number of carbonyl (C=O) groups excluding carboxylic acids is 1. The number of hydrogen-bond donors (Lipinski definition) is 2. The summed E-state index contributed by atoms with van der Waals surface area (Å²) < 4.78 is 0. The second-order valence-electron chi connectivity index (χ2n) is 4.95. The van der Waals surface area contributed by atoms with Gasteiger partial charge in [-0.25, -0.2) is 0 Å². The van der Waals surface area contributed by atoms with Gasteiger partial charge in [0.1, 0.15) is 0 Å². The van der Waals surface area contributed by atoms with Crippen molar-refractivity contribution in [3.8, 4) is 0 Å². The topological polar surface area (TPSA) is 41.1 Å². The first-order chi connectivity index (χ1) is 7.65. The molecule has 1 aliphatic heterocycles. The first-order valence-corrected chi connectivity index (χ1v) is 6.67. The highest BCUT2D eigenvalue weighted by molar-refractivity contribution is 5.77. The van der Waals surface area contributed by atoms with Crippen LogP contribution in [0, 0.1) is 5.92 Å². The predicted molar refractivity (Wildman–Crippen MR) is 67.3 cm³/mol. The molecule has 1 aliphatic rings. The van der Waals surface area contributed by atoms with Gasteiger partial charge in [-0.3, -0.25) is 4.79 Å². The molecule has 16 heavy (non-hydrogen) atoms. The van der Waals surface area contributed by atoms with Crippen molar-refractivity contribution in [3.05, 3.63) is 0 Å². The Morgan fingerprint density at radius 3 is 2.38 bits per heavy atom. The molecule has 0 aromatic carbocycles. The first kappa shape index (κ1) is 13.5. The van der Waals surface area contributed by atoms with Gasteiger partial charge in [0.05, 0.1) is 0 Å². The van der Waals surface area contributed by atoms with Crippen molar-refractivity contribution in [3.63, 3.8) is 0 Å². The van der Waals surface area contributed by atoms with Gasteiger partial charge in [-0.2, -0.15) is 0 Å². The molecule has 0 saturated carbocycles. The third kappa shape index (κ3) is 3.48. The molecule has 0 bridgehead atoms. The van der Waals surface area contributed by atoms with Crippen molar-refractivity contribution in [2.75, 3.05) is 13.1 Å². The summed E-state index contributed by atoms with van der Waals surface area (Å²) >= 11 is 0. The summed E-state index contributed by atoms with van der Waals surface area (Å²) in [5, 5.41) is 6.54. The van der Waals surface area contributed by atoms with E-state index in [1.54, 1.807) is 0 Å². The maximum Gasteiger partial charge on any atom is 0.220 e. The molecular formula is C13H26N2O. The second kappa shape index (κ2) is 6.24. The fourth-order valence-electron chi connectivity index (χ4n) is 2.51. The van der Waals surface area contributed by atoms with E-state index in [2.05, 4.69) is 31.4 Å². The Kier molecular flexibility index (Phi) is 5.26. The predicted octanol–water partition coefficient (Wildman–Crippen LogP) is 2.07. The molecule has 0 aromatic rings. The lowest BCUT2D eigenvalue weighted by molar-refractivity contribution is -0.124. The van der Waals surface area contributed by atoms with Gasteiger partial charge < -0.3 is 10.6 Å². The molecule has 0 radical (unpaired) electrons. The van der Waals surface area contributed by atoms with E-state index in [9.17, 15) is 4.79 Å². The molecule has 1 amide bonds. The van der Waals surface area contributed by atoms with Crippen LogP contribution in [0.2, 0.25) is 0 Å². The van der Waals surface area contributed by atoms with E-state index in [1.165, 1.54) is 0 Å². The number of carbonyl (C=O) groups is 1. The Morgan fingerprint density at radius 1 is 1.31 bits per heavy atom. The zero-order valence-electron chi connectivity index (χ0n) is 10.9. The standard InChI is InChI=1S/C13H26N2O/c1-4-13(5-2,6-3)15-12(16)9-11-7-8-14-10-11/h11,14H,4-10H2,1-3H3,(H,15,16). The van der Waals surface area contributed by atoms with Crippen LogP contribution in [0.4, 0.5) is 0 Å². The van der Waals surface area contributed by atoms with Crippen molar-refractivity contribution in [1.82, 2.24) is 10.6 Å². The van der Waals surface area contributed by atoms with Crippen LogP contribution >= 0.6 is 0 Å². The molecule has 1 rings (SSSR count). The highest BCUT2D eigenvalue weighted by Crippen LogP contribution is 2.20. The average molecular weight is 226 g/mol. The second-order valence-corrected chi connectivity index (χ2v) is 4.95. The summed E-state index contributed by atoms with van der Waals surface area (Å²) in [5.41, 5.74) is 0.0309. The van der Waals surface area contributed by atoms with Crippen molar-refractivity contribution in [2.24, 2.45) is 5.92 Å². The molecule has 3 nitrogen and oxygen atoms in total. The summed E-state index contributed by atoms with van der Waals surface area (Å²) in [6, 6.07) is 0. The van der Waals surface area contributed by atoms with Crippen LogP contribution < -0.4 is 10.6 Å². The van der Waals surface area contributed by atoms with Gasteiger partial charge in [-0.05, 0) is 44.7 Å². The Bertz CT molecular complexity index is 210. The largest absolute Gasteiger partial charge is 0.351 e. The molecule has 1 fully saturated rings. The molecule has 0 aliphatic carbocycles. The van der Waals surface area contributed by atoms with Gasteiger partial charge in [0.2, 0.25) is 5.91 Å². The Hall–Kier alpha value is -0.570. The van der Waals surface area contributed by atoms with Crippen LogP contribution in [-0.2, 0) is 4.79 Å². The SMILES string of the molecule is CCC(CC)(CC)NC(=O)CC1CCNC1. The zero-order chi connectivity index (χ0) is 12.0. The molecule has 0 aromatic heterocycles. The highest BCUT2D eigenvalue weighted by Gasteiger charge is 2.27. The smallest absolute Gasteiger partial charge is 0.220 e.